The summed E-state index contributed by atoms with van der Waals surface area (Å²) in [6.45, 7) is 7.28. The van der Waals surface area contributed by atoms with Crippen LogP contribution in [0.5, 0.6) is 0 Å². The number of hydrogen-bond donors (Lipinski definition) is 1. The molecule has 1 aromatic rings. The fourth-order valence-corrected chi connectivity index (χ4v) is 1.49. The van der Waals surface area contributed by atoms with Crippen LogP contribution in [0.25, 0.3) is 5.57 Å². The van der Waals surface area contributed by atoms with Gasteiger partial charge in [0.2, 0.25) is 0 Å². The Morgan fingerprint density at radius 2 is 2.18 bits per heavy atom. The molecule has 1 N–H and O–H groups in total. The van der Waals surface area contributed by atoms with Gasteiger partial charge in [0.05, 0.1) is 0 Å². The zero-order valence-electron chi connectivity index (χ0n) is 9.57. The molecule has 86 valence electrons. The minimum atomic E-state index is -0.159. The van der Waals surface area contributed by atoms with Crippen molar-refractivity contribution in [1.82, 2.24) is 9.97 Å². The Bertz CT molecular complexity index is 605. The summed E-state index contributed by atoms with van der Waals surface area (Å²) in [6.07, 6.45) is 3.40. The van der Waals surface area contributed by atoms with E-state index in [1.54, 1.807) is 26.0 Å². The minimum absolute atomic E-state index is 0.159. The van der Waals surface area contributed by atoms with Gasteiger partial charge in [-0.3, -0.25) is 0 Å². The molecular formula is C12H11N3OW. The molecule has 0 aliphatic rings. The summed E-state index contributed by atoms with van der Waals surface area (Å²) < 4.78 is 0.658. The van der Waals surface area contributed by atoms with Gasteiger partial charge in [0.15, 0.2) is 0 Å². The summed E-state index contributed by atoms with van der Waals surface area (Å²) in [4.78, 5) is 18.4. The number of aromatic amines is 1. The number of aromatic nitrogens is 2. The summed E-state index contributed by atoms with van der Waals surface area (Å²) in [7, 11) is 0. The fraction of sp³-hybridized carbons (Fsp3) is 0.167. The molecule has 0 fully saturated rings. The molecule has 0 aliphatic heterocycles. The molecule has 0 atom stereocenters. The van der Waals surface area contributed by atoms with Gasteiger partial charge in [-0.2, -0.15) is 0 Å². The van der Waals surface area contributed by atoms with Gasteiger partial charge < -0.3 is 0 Å². The number of H-pyrrole nitrogens is 1. The maximum absolute atomic E-state index is 11.5. The summed E-state index contributed by atoms with van der Waals surface area (Å²) in [6, 6.07) is 2.05. The van der Waals surface area contributed by atoms with Gasteiger partial charge in [-0.05, 0) is 0 Å². The predicted octanol–water partition coefficient (Wildman–Crippen LogP) is 1.20. The monoisotopic (exact) mass is 397 g/mol. The molecule has 0 amide bonds. The Morgan fingerprint density at radius 1 is 1.53 bits per heavy atom. The van der Waals surface area contributed by atoms with Crippen molar-refractivity contribution in [2.24, 2.45) is 0 Å². The molecule has 0 aromatic carbocycles. The van der Waals surface area contributed by atoms with Gasteiger partial charge in [0.1, 0.15) is 0 Å². The standard InChI is InChI=1S/C12H11N3O.W/c1-8(6-4-5-7-13)11-9(2)12(16)15-10(3)14-11;/h4,6H,1H2,2-3H3,(H,14,15,16);. The summed E-state index contributed by atoms with van der Waals surface area (Å²) in [5, 5.41) is 8.64. The zero-order valence-corrected chi connectivity index (χ0v) is 12.5. The van der Waals surface area contributed by atoms with Crippen LogP contribution in [-0.4, -0.2) is 13.9 Å². The average Bonchev–Trinajstić information content (AvgIpc) is 2.30. The van der Waals surface area contributed by atoms with E-state index in [1.165, 1.54) is 0 Å². The molecule has 1 heterocycles. The number of aryl methyl sites for hydroxylation is 1. The second-order valence-electron chi connectivity index (χ2n) is 3.46. The van der Waals surface area contributed by atoms with Crippen LogP contribution in [0.15, 0.2) is 23.5 Å². The summed E-state index contributed by atoms with van der Waals surface area (Å²) >= 11 is 1.10. The average molecular weight is 397 g/mol. The first-order valence-electron chi connectivity index (χ1n) is 4.84. The van der Waals surface area contributed by atoms with Crippen molar-refractivity contribution in [3.05, 3.63) is 46.2 Å². The van der Waals surface area contributed by atoms with E-state index in [0.717, 1.165) is 19.4 Å². The first-order valence-corrected chi connectivity index (χ1v) is 6.31. The van der Waals surface area contributed by atoms with E-state index in [2.05, 4.69) is 16.5 Å². The van der Waals surface area contributed by atoms with Crippen molar-refractivity contribution < 1.29 is 19.4 Å². The number of hydrogen-bond acceptors (Lipinski definition) is 3. The van der Waals surface area contributed by atoms with Crippen LogP contribution in [-0.2, 0) is 19.4 Å². The first kappa shape index (κ1) is 13.5. The van der Waals surface area contributed by atoms with Crippen molar-refractivity contribution in [2.75, 3.05) is 0 Å². The third-order valence-corrected chi connectivity index (χ3v) is 2.94. The van der Waals surface area contributed by atoms with E-state index in [1.807, 2.05) is 6.07 Å². The van der Waals surface area contributed by atoms with E-state index in [4.69, 9.17) is 5.26 Å². The molecule has 0 radical (unpaired) electrons. The topological polar surface area (TPSA) is 69.5 Å². The molecular weight excluding hydrogens is 386 g/mol. The fourth-order valence-electron chi connectivity index (χ4n) is 1.25. The SMILES string of the molecule is C=C(C=C[C](=[W])C#N)c1nc(C)[nH]c(=O)c1C. The van der Waals surface area contributed by atoms with Crippen LogP contribution >= 0.6 is 0 Å². The predicted molar refractivity (Wildman–Crippen MR) is 63.1 cm³/mol. The van der Waals surface area contributed by atoms with Gasteiger partial charge in [0, 0.05) is 0 Å². The molecule has 0 saturated heterocycles. The van der Waals surface area contributed by atoms with Crippen molar-refractivity contribution in [3.8, 4) is 6.07 Å². The van der Waals surface area contributed by atoms with Crippen LogP contribution in [0.3, 0.4) is 0 Å². The van der Waals surface area contributed by atoms with E-state index < -0.39 is 0 Å². The molecule has 0 aliphatic carbocycles. The zero-order chi connectivity index (χ0) is 13.0. The maximum atomic E-state index is 11.5. The Hall–Kier alpha value is -1.59. The second-order valence-corrected chi connectivity index (χ2v) is 5.04. The quantitative estimate of drug-likeness (QED) is 0.780. The number of nitrogens with zero attached hydrogens (tertiary/aromatic N) is 2. The van der Waals surface area contributed by atoms with Crippen LogP contribution in [0.2, 0.25) is 0 Å². The van der Waals surface area contributed by atoms with Crippen molar-refractivity contribution in [3.63, 3.8) is 0 Å². The Balaban J connectivity index is 3.15. The van der Waals surface area contributed by atoms with Crippen LogP contribution in [0.1, 0.15) is 17.1 Å². The molecule has 0 unspecified atom stereocenters. The molecule has 1 aromatic heterocycles. The van der Waals surface area contributed by atoms with Gasteiger partial charge in [-0.25, -0.2) is 0 Å². The van der Waals surface area contributed by atoms with E-state index in [0.29, 0.717) is 26.6 Å². The van der Waals surface area contributed by atoms with Crippen molar-refractivity contribution in [2.45, 2.75) is 13.8 Å². The van der Waals surface area contributed by atoms with Crippen molar-refractivity contribution in [1.29, 1.82) is 5.26 Å². The third kappa shape index (κ3) is 3.44. The second kappa shape index (κ2) is 5.65. The Labute approximate surface area is 110 Å². The number of allylic oxidation sites excluding steroid dienone is 3. The summed E-state index contributed by atoms with van der Waals surface area (Å²) in [5.41, 5.74) is 1.58. The van der Waals surface area contributed by atoms with Gasteiger partial charge >= 0.3 is 110 Å². The molecule has 0 bridgehead atoms. The van der Waals surface area contributed by atoms with Crippen LogP contribution in [0, 0.1) is 25.2 Å². The molecule has 0 saturated carbocycles. The third-order valence-electron chi connectivity index (χ3n) is 2.12. The first-order chi connectivity index (χ1) is 7.95. The van der Waals surface area contributed by atoms with Gasteiger partial charge in [-0.1, -0.05) is 0 Å². The van der Waals surface area contributed by atoms with E-state index >= 15 is 0 Å². The van der Waals surface area contributed by atoms with Crippen LogP contribution < -0.4 is 5.56 Å². The summed E-state index contributed by atoms with van der Waals surface area (Å²) in [5.74, 6) is 0.553. The Morgan fingerprint density at radius 3 is 2.76 bits per heavy atom. The Kier molecular flexibility index (Phi) is 4.48. The van der Waals surface area contributed by atoms with Gasteiger partial charge in [-0.15, -0.1) is 0 Å². The van der Waals surface area contributed by atoms with Crippen molar-refractivity contribution >= 4 is 9.47 Å². The number of nitriles is 1. The normalized spacial score (nSPS) is 10.2. The number of nitrogens with one attached hydrogen (secondary N) is 1. The molecule has 4 nitrogen and oxygen atoms in total. The molecule has 0 spiro atoms. The van der Waals surface area contributed by atoms with Crippen LogP contribution in [0.4, 0.5) is 0 Å². The van der Waals surface area contributed by atoms with E-state index in [9.17, 15) is 4.79 Å². The number of rotatable bonds is 3. The van der Waals surface area contributed by atoms with Gasteiger partial charge in [0.25, 0.3) is 0 Å². The molecule has 17 heavy (non-hydrogen) atoms. The molecule has 5 heteroatoms. The molecule has 1 rings (SSSR count). The van der Waals surface area contributed by atoms with E-state index in [-0.39, 0.29) is 5.56 Å².